The van der Waals surface area contributed by atoms with Gasteiger partial charge in [0, 0.05) is 12.1 Å². The molecule has 0 bridgehead atoms. The minimum absolute atomic E-state index is 0.0419. The summed E-state index contributed by atoms with van der Waals surface area (Å²) in [5.74, 6) is -0.0895. The van der Waals surface area contributed by atoms with Crippen LogP contribution >= 0.6 is 0 Å². The Hall–Kier alpha value is -1.80. The molecule has 0 spiro atoms. The number of sulfonamides is 1. The van der Waals surface area contributed by atoms with E-state index in [1.165, 1.54) is 12.1 Å². The SMILES string of the molecule is CCNCC.CCOc1cc(OCC)c2c(c1)S(=O)(=O)NC2=O. The Morgan fingerprint density at radius 2 is 1.65 bits per heavy atom. The second-order valence-electron chi connectivity index (χ2n) is 4.55. The highest BCUT2D eigenvalue weighted by molar-refractivity contribution is 7.90. The van der Waals surface area contributed by atoms with Gasteiger partial charge >= 0.3 is 0 Å². The van der Waals surface area contributed by atoms with Crippen LogP contribution in [0, 0.1) is 0 Å². The van der Waals surface area contributed by atoms with Gasteiger partial charge in [0.1, 0.15) is 22.0 Å². The van der Waals surface area contributed by atoms with Crippen molar-refractivity contribution in [2.75, 3.05) is 26.3 Å². The maximum absolute atomic E-state index is 11.7. The van der Waals surface area contributed by atoms with Crippen LogP contribution in [-0.4, -0.2) is 40.6 Å². The average molecular weight is 344 g/mol. The van der Waals surface area contributed by atoms with E-state index in [4.69, 9.17) is 9.47 Å². The van der Waals surface area contributed by atoms with E-state index in [2.05, 4.69) is 19.2 Å². The molecule has 1 amide bonds. The average Bonchev–Trinajstić information content (AvgIpc) is 2.71. The normalized spacial score (nSPS) is 14.3. The molecule has 0 aromatic heterocycles. The lowest BCUT2D eigenvalue weighted by Gasteiger charge is -2.10. The lowest BCUT2D eigenvalue weighted by atomic mass is 10.2. The molecule has 1 heterocycles. The lowest BCUT2D eigenvalue weighted by Crippen LogP contribution is -2.20. The van der Waals surface area contributed by atoms with E-state index in [1.54, 1.807) is 13.8 Å². The summed E-state index contributed by atoms with van der Waals surface area (Å²) >= 11 is 0. The highest BCUT2D eigenvalue weighted by atomic mass is 32.2. The maximum Gasteiger partial charge on any atom is 0.270 e. The van der Waals surface area contributed by atoms with Crippen molar-refractivity contribution >= 4 is 15.9 Å². The van der Waals surface area contributed by atoms with Crippen molar-refractivity contribution in [3.63, 3.8) is 0 Å². The first-order valence-electron chi connectivity index (χ1n) is 7.62. The van der Waals surface area contributed by atoms with Gasteiger partial charge in [-0.15, -0.1) is 0 Å². The summed E-state index contributed by atoms with van der Waals surface area (Å²) in [6.45, 7) is 10.6. The highest BCUT2D eigenvalue weighted by Gasteiger charge is 2.36. The van der Waals surface area contributed by atoms with Crippen LogP contribution in [-0.2, 0) is 10.0 Å². The molecule has 0 saturated heterocycles. The topological polar surface area (TPSA) is 93.7 Å². The first-order valence-corrected chi connectivity index (χ1v) is 9.10. The number of carbonyl (C=O) groups excluding carboxylic acids is 1. The number of ether oxygens (including phenoxy) is 2. The smallest absolute Gasteiger partial charge is 0.270 e. The van der Waals surface area contributed by atoms with Gasteiger partial charge in [-0.3, -0.25) is 4.79 Å². The van der Waals surface area contributed by atoms with Gasteiger partial charge in [0.2, 0.25) is 0 Å². The molecular formula is C15H24N2O5S. The van der Waals surface area contributed by atoms with Gasteiger partial charge < -0.3 is 14.8 Å². The highest BCUT2D eigenvalue weighted by Crippen LogP contribution is 2.35. The Morgan fingerprint density at radius 1 is 1.04 bits per heavy atom. The fraction of sp³-hybridized carbons (Fsp3) is 0.533. The summed E-state index contributed by atoms with van der Waals surface area (Å²) in [5, 5.41) is 3.11. The van der Waals surface area contributed by atoms with Gasteiger partial charge in [0.15, 0.2) is 0 Å². The third-order valence-corrected chi connectivity index (χ3v) is 4.25. The Labute approximate surface area is 137 Å². The summed E-state index contributed by atoms with van der Waals surface area (Å²) in [5.41, 5.74) is 0.0419. The van der Waals surface area contributed by atoms with Crippen LogP contribution in [0.15, 0.2) is 17.0 Å². The summed E-state index contributed by atoms with van der Waals surface area (Å²) in [7, 11) is -3.80. The van der Waals surface area contributed by atoms with Gasteiger partial charge in [-0.25, -0.2) is 13.1 Å². The zero-order valence-corrected chi connectivity index (χ0v) is 14.7. The standard InChI is InChI=1S/C11H13NO5S.C4H11N/c1-3-16-7-5-8(17-4-2)10-9(6-7)18(14,15)12-11(10)13;1-3-5-4-2/h5-6H,3-4H2,1-2H3,(H,12,13);5H,3-4H2,1-2H3. The van der Waals surface area contributed by atoms with Gasteiger partial charge in [-0.2, -0.15) is 0 Å². The Morgan fingerprint density at radius 3 is 2.13 bits per heavy atom. The molecule has 0 saturated carbocycles. The van der Waals surface area contributed by atoms with E-state index in [0.717, 1.165) is 13.1 Å². The van der Waals surface area contributed by atoms with Gasteiger partial charge in [-0.1, -0.05) is 13.8 Å². The van der Waals surface area contributed by atoms with Crippen LogP contribution in [0.2, 0.25) is 0 Å². The van der Waals surface area contributed by atoms with Gasteiger partial charge in [0.05, 0.1) is 13.2 Å². The predicted octanol–water partition coefficient (Wildman–Crippen LogP) is 1.53. The minimum atomic E-state index is -3.80. The maximum atomic E-state index is 11.7. The third kappa shape index (κ3) is 4.84. The molecule has 130 valence electrons. The summed E-state index contributed by atoms with van der Waals surface area (Å²) in [6, 6.07) is 2.85. The Bertz CT molecular complexity index is 642. The van der Waals surface area contributed by atoms with Crippen molar-refractivity contribution in [2.24, 2.45) is 0 Å². The molecule has 1 aliphatic heterocycles. The summed E-state index contributed by atoms with van der Waals surface area (Å²) in [6.07, 6.45) is 0. The van der Waals surface area contributed by atoms with Crippen molar-refractivity contribution in [3.8, 4) is 11.5 Å². The molecule has 8 heteroatoms. The second-order valence-corrected chi connectivity index (χ2v) is 6.20. The Kier molecular flexibility index (Phi) is 7.31. The van der Waals surface area contributed by atoms with Gasteiger partial charge in [0.25, 0.3) is 15.9 Å². The number of fused-ring (bicyclic) bond motifs is 1. The molecule has 0 fully saturated rings. The van der Waals surface area contributed by atoms with Crippen LogP contribution in [0.4, 0.5) is 0 Å². The molecule has 0 atom stereocenters. The van der Waals surface area contributed by atoms with Crippen molar-refractivity contribution in [1.29, 1.82) is 0 Å². The number of hydrogen-bond donors (Lipinski definition) is 2. The fourth-order valence-corrected chi connectivity index (χ4v) is 3.19. The van der Waals surface area contributed by atoms with Gasteiger partial charge in [-0.05, 0) is 26.9 Å². The van der Waals surface area contributed by atoms with Crippen molar-refractivity contribution < 1.29 is 22.7 Å². The van der Waals surface area contributed by atoms with Crippen molar-refractivity contribution in [2.45, 2.75) is 32.6 Å². The molecule has 0 radical (unpaired) electrons. The zero-order valence-electron chi connectivity index (χ0n) is 13.9. The van der Waals surface area contributed by atoms with Crippen LogP contribution < -0.4 is 19.5 Å². The van der Waals surface area contributed by atoms with Crippen LogP contribution in [0.3, 0.4) is 0 Å². The van der Waals surface area contributed by atoms with E-state index < -0.39 is 15.9 Å². The number of nitrogens with one attached hydrogen (secondary N) is 2. The number of hydrogen-bond acceptors (Lipinski definition) is 6. The summed E-state index contributed by atoms with van der Waals surface area (Å²) in [4.78, 5) is 11.5. The quantitative estimate of drug-likeness (QED) is 0.813. The van der Waals surface area contributed by atoms with Crippen LogP contribution in [0.25, 0.3) is 0 Å². The number of carbonyl (C=O) groups is 1. The van der Waals surface area contributed by atoms with E-state index >= 15 is 0 Å². The number of amides is 1. The van der Waals surface area contributed by atoms with E-state index in [1.807, 2.05) is 4.72 Å². The van der Waals surface area contributed by atoms with E-state index in [0.29, 0.717) is 19.0 Å². The third-order valence-electron chi connectivity index (χ3n) is 2.89. The van der Waals surface area contributed by atoms with Crippen LogP contribution in [0.5, 0.6) is 11.5 Å². The largest absolute Gasteiger partial charge is 0.494 e. The minimum Gasteiger partial charge on any atom is -0.494 e. The van der Waals surface area contributed by atoms with Crippen molar-refractivity contribution in [1.82, 2.24) is 10.0 Å². The Balaban J connectivity index is 0.000000463. The molecule has 1 aromatic rings. The molecule has 1 aromatic carbocycles. The molecule has 7 nitrogen and oxygen atoms in total. The first-order chi connectivity index (χ1) is 10.9. The monoisotopic (exact) mass is 344 g/mol. The number of benzene rings is 1. The zero-order chi connectivity index (χ0) is 17.5. The van der Waals surface area contributed by atoms with E-state index in [9.17, 15) is 13.2 Å². The summed E-state index contributed by atoms with van der Waals surface area (Å²) < 4.78 is 35.9. The molecule has 0 unspecified atom stereocenters. The van der Waals surface area contributed by atoms with E-state index in [-0.39, 0.29) is 16.2 Å². The lowest BCUT2D eigenvalue weighted by molar-refractivity contribution is 0.0981. The number of rotatable bonds is 6. The second kappa shape index (κ2) is 8.73. The first kappa shape index (κ1) is 19.2. The predicted molar refractivity (Wildman–Crippen MR) is 87.6 cm³/mol. The van der Waals surface area contributed by atoms with Crippen LogP contribution in [0.1, 0.15) is 38.1 Å². The molecule has 1 aliphatic rings. The molecule has 23 heavy (non-hydrogen) atoms. The molecule has 2 N–H and O–H groups in total. The fourth-order valence-electron chi connectivity index (χ4n) is 2.00. The molecule has 0 aliphatic carbocycles. The molecular weight excluding hydrogens is 320 g/mol. The van der Waals surface area contributed by atoms with Crippen molar-refractivity contribution in [3.05, 3.63) is 17.7 Å². The molecule has 2 rings (SSSR count).